The van der Waals surface area contributed by atoms with Gasteiger partial charge in [-0.05, 0) is 45.7 Å². The number of benzene rings is 1. The molecule has 1 aromatic rings. The van der Waals surface area contributed by atoms with Crippen molar-refractivity contribution in [1.29, 1.82) is 0 Å². The molecule has 1 unspecified atom stereocenters. The Morgan fingerprint density at radius 2 is 2.04 bits per heavy atom. The average molecular weight is 358 g/mol. The minimum Gasteiger partial charge on any atom is -0.384 e. The summed E-state index contributed by atoms with van der Waals surface area (Å²) in [6, 6.07) is 8.17. The summed E-state index contributed by atoms with van der Waals surface area (Å²) < 4.78 is 5.07. The van der Waals surface area contributed by atoms with Gasteiger partial charge in [-0.3, -0.25) is 9.79 Å². The number of hydrogen-bond donors (Lipinski definition) is 2. The number of hydrogen-bond acceptors (Lipinski definition) is 4. The Morgan fingerprint density at radius 1 is 1.31 bits per heavy atom. The van der Waals surface area contributed by atoms with Gasteiger partial charge in [0.2, 0.25) is 5.91 Å². The molecule has 2 aliphatic heterocycles. The maximum atomic E-state index is 12.6. The summed E-state index contributed by atoms with van der Waals surface area (Å²) in [6.45, 7) is 8.16. The van der Waals surface area contributed by atoms with Crippen LogP contribution in [0.25, 0.3) is 0 Å². The van der Waals surface area contributed by atoms with Gasteiger partial charge in [0.1, 0.15) is 11.4 Å². The lowest BCUT2D eigenvalue weighted by Crippen LogP contribution is -2.63. The standard InChI is InChI=1S/C20H30N4O2/c1-19(2,3)23-18-20(22-16-9-6-5-8-15(16)21-18)11-7-12-24(14-20)17(25)10-13-26-4/h5-6,8-9,22H,7,10-14H2,1-4H3,(H,21,23). The fraction of sp³-hybridized carbons (Fsp3) is 0.600. The first kappa shape index (κ1) is 18.7. The van der Waals surface area contributed by atoms with E-state index in [0.717, 1.165) is 36.6 Å². The van der Waals surface area contributed by atoms with Gasteiger partial charge in [0, 0.05) is 13.7 Å². The molecule has 1 fully saturated rings. The number of amides is 1. The van der Waals surface area contributed by atoms with Crippen molar-refractivity contribution in [3.63, 3.8) is 0 Å². The van der Waals surface area contributed by atoms with E-state index in [1.54, 1.807) is 7.11 Å². The molecule has 2 N–H and O–H groups in total. The minimum absolute atomic E-state index is 0.140. The van der Waals surface area contributed by atoms with Gasteiger partial charge in [0.15, 0.2) is 0 Å². The summed E-state index contributed by atoms with van der Waals surface area (Å²) in [5.74, 6) is 1.06. The average Bonchev–Trinajstić information content (AvgIpc) is 2.59. The maximum Gasteiger partial charge on any atom is 0.224 e. The van der Waals surface area contributed by atoms with E-state index in [0.29, 0.717) is 19.6 Å². The Hall–Kier alpha value is -2.08. The van der Waals surface area contributed by atoms with Gasteiger partial charge in [0.25, 0.3) is 0 Å². The molecule has 2 heterocycles. The van der Waals surface area contributed by atoms with Crippen molar-refractivity contribution < 1.29 is 9.53 Å². The van der Waals surface area contributed by atoms with Crippen molar-refractivity contribution in [3.05, 3.63) is 24.3 Å². The molecule has 0 radical (unpaired) electrons. The topological polar surface area (TPSA) is 66.0 Å². The number of nitrogens with one attached hydrogen (secondary N) is 2. The molecule has 26 heavy (non-hydrogen) atoms. The van der Waals surface area contributed by atoms with Gasteiger partial charge in [0.05, 0.1) is 36.5 Å². The fourth-order valence-electron chi connectivity index (χ4n) is 3.65. The van der Waals surface area contributed by atoms with Crippen LogP contribution in [0.2, 0.25) is 0 Å². The number of rotatable bonds is 3. The Labute approximate surface area is 156 Å². The van der Waals surface area contributed by atoms with E-state index < -0.39 is 0 Å². The first-order valence-corrected chi connectivity index (χ1v) is 9.34. The molecule has 0 bridgehead atoms. The van der Waals surface area contributed by atoms with Crippen LogP contribution in [-0.2, 0) is 9.53 Å². The predicted octanol–water partition coefficient (Wildman–Crippen LogP) is 3.12. The molecule has 0 aliphatic carbocycles. The van der Waals surface area contributed by atoms with E-state index in [1.165, 1.54) is 0 Å². The van der Waals surface area contributed by atoms with E-state index in [4.69, 9.17) is 9.73 Å². The number of ether oxygens (including phenoxy) is 1. The van der Waals surface area contributed by atoms with Gasteiger partial charge < -0.3 is 20.3 Å². The van der Waals surface area contributed by atoms with Crippen molar-refractivity contribution in [1.82, 2.24) is 4.90 Å². The number of amidine groups is 1. The quantitative estimate of drug-likeness (QED) is 0.871. The van der Waals surface area contributed by atoms with Crippen LogP contribution < -0.4 is 10.6 Å². The van der Waals surface area contributed by atoms with Crippen LogP contribution in [0.5, 0.6) is 0 Å². The normalized spacial score (nSPS) is 24.2. The second kappa shape index (κ2) is 7.27. The largest absolute Gasteiger partial charge is 0.384 e. The van der Waals surface area contributed by atoms with Crippen LogP contribution >= 0.6 is 0 Å². The number of anilines is 2. The van der Waals surface area contributed by atoms with Crippen molar-refractivity contribution in [2.24, 2.45) is 4.99 Å². The SMILES string of the molecule is COCCC(=O)N1CCCC2(C1)Nc1ccccc1NC2=NC(C)(C)C. The zero-order valence-electron chi connectivity index (χ0n) is 16.3. The number of fused-ring (bicyclic) bond motifs is 1. The van der Waals surface area contributed by atoms with Crippen LogP contribution in [-0.4, -0.2) is 54.5 Å². The highest BCUT2D eigenvalue weighted by Gasteiger charge is 2.44. The molecule has 142 valence electrons. The summed E-state index contributed by atoms with van der Waals surface area (Å²) in [6.07, 6.45) is 2.30. The summed E-state index contributed by atoms with van der Waals surface area (Å²) in [5.41, 5.74) is 1.52. The highest BCUT2D eigenvalue weighted by atomic mass is 16.5. The zero-order chi connectivity index (χ0) is 18.8. The Kier molecular flexibility index (Phi) is 5.23. The molecule has 1 spiro atoms. The second-order valence-corrected chi connectivity index (χ2v) is 8.17. The Bertz CT molecular complexity index is 695. The number of piperidine rings is 1. The predicted molar refractivity (Wildman–Crippen MR) is 106 cm³/mol. The van der Waals surface area contributed by atoms with Gasteiger partial charge >= 0.3 is 0 Å². The molecule has 2 aliphatic rings. The van der Waals surface area contributed by atoms with E-state index in [1.807, 2.05) is 17.0 Å². The van der Waals surface area contributed by atoms with E-state index in [-0.39, 0.29) is 17.0 Å². The van der Waals surface area contributed by atoms with Crippen LogP contribution in [0.4, 0.5) is 11.4 Å². The number of carbonyl (C=O) groups excluding carboxylic acids is 1. The second-order valence-electron chi connectivity index (χ2n) is 8.17. The van der Waals surface area contributed by atoms with Gasteiger partial charge in [-0.25, -0.2) is 0 Å². The smallest absolute Gasteiger partial charge is 0.224 e. The van der Waals surface area contributed by atoms with Crippen LogP contribution in [0.15, 0.2) is 29.3 Å². The molecular formula is C20H30N4O2. The molecule has 3 rings (SSSR count). The lowest BCUT2D eigenvalue weighted by molar-refractivity contribution is -0.133. The first-order valence-electron chi connectivity index (χ1n) is 9.34. The molecule has 1 aromatic carbocycles. The highest BCUT2D eigenvalue weighted by molar-refractivity contribution is 6.10. The summed E-state index contributed by atoms with van der Waals surface area (Å²) >= 11 is 0. The molecule has 0 saturated carbocycles. The third-order valence-electron chi connectivity index (χ3n) is 4.82. The fourth-order valence-corrected chi connectivity index (χ4v) is 3.65. The third-order valence-corrected chi connectivity index (χ3v) is 4.82. The third kappa shape index (κ3) is 4.01. The van der Waals surface area contributed by atoms with Crippen molar-refractivity contribution >= 4 is 23.1 Å². The molecule has 1 amide bonds. The Balaban J connectivity index is 1.93. The maximum absolute atomic E-state index is 12.6. The first-order chi connectivity index (χ1) is 12.3. The van der Waals surface area contributed by atoms with E-state index >= 15 is 0 Å². The van der Waals surface area contributed by atoms with E-state index in [9.17, 15) is 4.79 Å². The molecule has 6 heteroatoms. The van der Waals surface area contributed by atoms with Crippen LogP contribution in [0.1, 0.15) is 40.0 Å². The van der Waals surface area contributed by atoms with Gasteiger partial charge in [-0.15, -0.1) is 0 Å². The summed E-state index contributed by atoms with van der Waals surface area (Å²) in [5, 5.41) is 7.25. The molecule has 0 aromatic heterocycles. The van der Waals surface area contributed by atoms with Crippen molar-refractivity contribution in [2.75, 3.05) is 37.4 Å². The summed E-state index contributed by atoms with van der Waals surface area (Å²) in [4.78, 5) is 19.5. The van der Waals surface area contributed by atoms with Crippen molar-refractivity contribution in [3.8, 4) is 0 Å². The number of methoxy groups -OCH3 is 1. The lowest BCUT2D eigenvalue weighted by Gasteiger charge is -2.48. The van der Waals surface area contributed by atoms with Gasteiger partial charge in [-0.2, -0.15) is 0 Å². The molecule has 6 nitrogen and oxygen atoms in total. The monoisotopic (exact) mass is 358 g/mol. The van der Waals surface area contributed by atoms with Crippen LogP contribution in [0, 0.1) is 0 Å². The van der Waals surface area contributed by atoms with Crippen molar-refractivity contribution in [2.45, 2.75) is 51.1 Å². The molecule has 1 saturated heterocycles. The van der Waals surface area contributed by atoms with Crippen LogP contribution in [0.3, 0.4) is 0 Å². The lowest BCUT2D eigenvalue weighted by atomic mass is 9.84. The minimum atomic E-state index is -0.372. The van der Waals surface area contributed by atoms with E-state index in [2.05, 4.69) is 43.5 Å². The molecular weight excluding hydrogens is 328 g/mol. The number of likely N-dealkylation sites (tertiary alicyclic amines) is 1. The number of aliphatic imine (C=N–C) groups is 1. The van der Waals surface area contributed by atoms with Gasteiger partial charge in [-0.1, -0.05) is 12.1 Å². The number of nitrogens with zero attached hydrogens (tertiary/aromatic N) is 2. The zero-order valence-corrected chi connectivity index (χ0v) is 16.3. The highest BCUT2D eigenvalue weighted by Crippen LogP contribution is 2.37. The Morgan fingerprint density at radius 3 is 2.73 bits per heavy atom. The number of para-hydroxylation sites is 2. The number of carbonyl (C=O) groups is 1. The summed E-state index contributed by atoms with van der Waals surface area (Å²) in [7, 11) is 1.63. The molecule has 1 atom stereocenters.